The molecule has 0 aromatic heterocycles. The molecule has 0 aliphatic carbocycles. The Labute approximate surface area is 107 Å². The SMILES string of the molecule is CCC1CC(CO)(Nc2ccc(F)cc2)CCO1. The van der Waals surface area contributed by atoms with Gasteiger partial charge in [-0.1, -0.05) is 6.92 Å². The summed E-state index contributed by atoms with van der Waals surface area (Å²) in [6, 6.07) is 6.24. The molecule has 1 saturated heterocycles. The van der Waals surface area contributed by atoms with Gasteiger partial charge in [0, 0.05) is 12.3 Å². The number of rotatable bonds is 4. The Kier molecular flexibility index (Phi) is 4.19. The molecule has 0 spiro atoms. The quantitative estimate of drug-likeness (QED) is 0.866. The van der Waals surface area contributed by atoms with Crippen LogP contribution in [0.4, 0.5) is 10.1 Å². The van der Waals surface area contributed by atoms with E-state index in [1.165, 1.54) is 12.1 Å². The molecule has 0 saturated carbocycles. The summed E-state index contributed by atoms with van der Waals surface area (Å²) in [6.07, 6.45) is 2.65. The Morgan fingerprint density at radius 1 is 1.44 bits per heavy atom. The normalized spacial score (nSPS) is 28.1. The third-order valence-electron chi connectivity index (χ3n) is 3.56. The fourth-order valence-electron chi connectivity index (χ4n) is 2.42. The third-order valence-corrected chi connectivity index (χ3v) is 3.56. The molecule has 1 fully saturated rings. The predicted octanol–water partition coefficient (Wildman–Crippen LogP) is 2.56. The van der Waals surface area contributed by atoms with E-state index in [1.54, 1.807) is 12.1 Å². The molecule has 4 heteroatoms. The zero-order valence-electron chi connectivity index (χ0n) is 10.7. The van der Waals surface area contributed by atoms with Gasteiger partial charge in [0.25, 0.3) is 0 Å². The predicted molar refractivity (Wildman–Crippen MR) is 69.1 cm³/mol. The highest BCUT2D eigenvalue weighted by molar-refractivity contribution is 5.45. The number of nitrogens with one attached hydrogen (secondary N) is 1. The van der Waals surface area contributed by atoms with Gasteiger partial charge in [-0.2, -0.15) is 0 Å². The molecule has 2 N–H and O–H groups in total. The van der Waals surface area contributed by atoms with Crippen LogP contribution in [0.5, 0.6) is 0 Å². The molecule has 2 atom stereocenters. The molecular weight excluding hydrogens is 233 g/mol. The second-order valence-electron chi connectivity index (χ2n) is 4.93. The van der Waals surface area contributed by atoms with Crippen molar-refractivity contribution in [1.29, 1.82) is 0 Å². The first-order valence-electron chi connectivity index (χ1n) is 6.44. The molecule has 0 bridgehead atoms. The summed E-state index contributed by atoms with van der Waals surface area (Å²) >= 11 is 0. The van der Waals surface area contributed by atoms with Crippen molar-refractivity contribution in [3.63, 3.8) is 0 Å². The lowest BCUT2D eigenvalue weighted by atomic mass is 9.86. The van der Waals surface area contributed by atoms with E-state index in [2.05, 4.69) is 12.2 Å². The maximum atomic E-state index is 12.9. The van der Waals surface area contributed by atoms with Crippen LogP contribution in [0, 0.1) is 5.82 Å². The summed E-state index contributed by atoms with van der Waals surface area (Å²) in [5, 5.41) is 13.0. The zero-order valence-corrected chi connectivity index (χ0v) is 10.7. The Balaban J connectivity index is 2.09. The first kappa shape index (κ1) is 13.3. The molecule has 0 amide bonds. The van der Waals surface area contributed by atoms with Crippen LogP contribution in [0.25, 0.3) is 0 Å². The Morgan fingerprint density at radius 3 is 2.78 bits per heavy atom. The Hall–Kier alpha value is -1.13. The molecule has 1 aliphatic heterocycles. The minimum atomic E-state index is -0.350. The van der Waals surface area contributed by atoms with Crippen molar-refractivity contribution in [2.24, 2.45) is 0 Å². The Morgan fingerprint density at radius 2 is 2.17 bits per heavy atom. The summed E-state index contributed by atoms with van der Waals surface area (Å²) in [7, 11) is 0. The monoisotopic (exact) mass is 253 g/mol. The van der Waals surface area contributed by atoms with Crippen LogP contribution in [0.3, 0.4) is 0 Å². The van der Waals surface area contributed by atoms with E-state index in [0.29, 0.717) is 6.61 Å². The van der Waals surface area contributed by atoms with Gasteiger partial charge >= 0.3 is 0 Å². The minimum Gasteiger partial charge on any atom is -0.394 e. The summed E-state index contributed by atoms with van der Waals surface area (Å²) in [4.78, 5) is 0. The molecule has 2 rings (SSSR count). The average molecular weight is 253 g/mol. The number of ether oxygens (including phenoxy) is 1. The van der Waals surface area contributed by atoms with Crippen molar-refractivity contribution in [3.05, 3.63) is 30.1 Å². The number of hydrogen-bond acceptors (Lipinski definition) is 3. The second kappa shape index (κ2) is 5.67. The van der Waals surface area contributed by atoms with Crippen molar-refractivity contribution >= 4 is 5.69 Å². The molecule has 1 heterocycles. The number of benzene rings is 1. The van der Waals surface area contributed by atoms with E-state index >= 15 is 0 Å². The lowest BCUT2D eigenvalue weighted by molar-refractivity contribution is -0.0273. The van der Waals surface area contributed by atoms with Crippen LogP contribution >= 0.6 is 0 Å². The number of aliphatic hydroxyl groups excluding tert-OH is 1. The van der Waals surface area contributed by atoms with Crippen LogP contribution in [0.1, 0.15) is 26.2 Å². The second-order valence-corrected chi connectivity index (χ2v) is 4.93. The lowest BCUT2D eigenvalue weighted by Gasteiger charge is -2.41. The lowest BCUT2D eigenvalue weighted by Crippen LogP contribution is -2.49. The summed E-state index contributed by atoms with van der Waals surface area (Å²) < 4.78 is 18.5. The van der Waals surface area contributed by atoms with Gasteiger partial charge in [-0.3, -0.25) is 0 Å². The fraction of sp³-hybridized carbons (Fsp3) is 0.571. The van der Waals surface area contributed by atoms with Crippen LogP contribution in [0.15, 0.2) is 24.3 Å². The van der Waals surface area contributed by atoms with Gasteiger partial charge in [0.2, 0.25) is 0 Å². The van der Waals surface area contributed by atoms with Gasteiger partial charge < -0.3 is 15.2 Å². The van der Waals surface area contributed by atoms with Crippen molar-refractivity contribution in [2.75, 3.05) is 18.5 Å². The average Bonchev–Trinajstić information content (AvgIpc) is 2.42. The van der Waals surface area contributed by atoms with Crippen LogP contribution in [0.2, 0.25) is 0 Å². The number of anilines is 1. The molecule has 100 valence electrons. The van der Waals surface area contributed by atoms with E-state index in [4.69, 9.17) is 4.74 Å². The number of hydrogen-bond donors (Lipinski definition) is 2. The standard InChI is InChI=1S/C14H20FNO2/c1-2-13-9-14(10-17,7-8-18-13)16-12-5-3-11(15)4-6-12/h3-6,13,16-17H,2,7-10H2,1H3. The molecule has 3 nitrogen and oxygen atoms in total. The van der Waals surface area contributed by atoms with E-state index in [-0.39, 0.29) is 24.1 Å². The fourth-order valence-corrected chi connectivity index (χ4v) is 2.42. The summed E-state index contributed by atoms with van der Waals surface area (Å²) in [5.41, 5.74) is 0.485. The van der Waals surface area contributed by atoms with Crippen molar-refractivity contribution in [1.82, 2.24) is 0 Å². The largest absolute Gasteiger partial charge is 0.394 e. The first-order chi connectivity index (χ1) is 8.67. The van der Waals surface area contributed by atoms with E-state index in [0.717, 1.165) is 24.9 Å². The maximum Gasteiger partial charge on any atom is 0.123 e. The minimum absolute atomic E-state index is 0.0598. The summed E-state index contributed by atoms with van der Waals surface area (Å²) in [6.45, 7) is 2.79. The Bertz CT molecular complexity index is 382. The van der Waals surface area contributed by atoms with E-state index in [1.807, 2.05) is 0 Å². The van der Waals surface area contributed by atoms with Crippen LogP contribution in [-0.2, 0) is 4.74 Å². The topological polar surface area (TPSA) is 41.5 Å². The molecular formula is C14H20FNO2. The molecule has 2 unspecified atom stereocenters. The summed E-state index contributed by atoms with van der Waals surface area (Å²) in [5.74, 6) is -0.253. The van der Waals surface area contributed by atoms with Crippen molar-refractivity contribution < 1.29 is 14.2 Å². The van der Waals surface area contributed by atoms with E-state index in [9.17, 15) is 9.50 Å². The van der Waals surface area contributed by atoms with Gasteiger partial charge in [-0.15, -0.1) is 0 Å². The first-order valence-corrected chi connectivity index (χ1v) is 6.44. The molecule has 1 aliphatic rings. The van der Waals surface area contributed by atoms with Crippen LogP contribution < -0.4 is 5.32 Å². The molecule has 0 radical (unpaired) electrons. The molecule has 1 aromatic carbocycles. The smallest absolute Gasteiger partial charge is 0.123 e. The molecule has 18 heavy (non-hydrogen) atoms. The van der Waals surface area contributed by atoms with E-state index < -0.39 is 0 Å². The number of halogens is 1. The van der Waals surface area contributed by atoms with Crippen LogP contribution in [-0.4, -0.2) is 30.0 Å². The highest BCUT2D eigenvalue weighted by Gasteiger charge is 2.35. The third kappa shape index (κ3) is 3.00. The van der Waals surface area contributed by atoms with Gasteiger partial charge in [-0.25, -0.2) is 4.39 Å². The highest BCUT2D eigenvalue weighted by Crippen LogP contribution is 2.30. The van der Waals surface area contributed by atoms with Gasteiger partial charge in [-0.05, 0) is 43.5 Å². The van der Waals surface area contributed by atoms with Gasteiger partial charge in [0.05, 0.1) is 18.2 Å². The maximum absolute atomic E-state index is 12.9. The van der Waals surface area contributed by atoms with Crippen molar-refractivity contribution in [3.8, 4) is 0 Å². The van der Waals surface area contributed by atoms with Gasteiger partial charge in [0.15, 0.2) is 0 Å². The van der Waals surface area contributed by atoms with Crippen molar-refractivity contribution in [2.45, 2.75) is 37.8 Å². The number of aliphatic hydroxyl groups is 1. The highest BCUT2D eigenvalue weighted by atomic mass is 19.1. The van der Waals surface area contributed by atoms with Gasteiger partial charge in [0.1, 0.15) is 5.82 Å². The zero-order chi connectivity index (χ0) is 13.0. The molecule has 1 aromatic rings.